The van der Waals surface area contributed by atoms with Crippen molar-refractivity contribution in [3.63, 3.8) is 0 Å². The molecule has 31 heavy (non-hydrogen) atoms. The van der Waals surface area contributed by atoms with Gasteiger partial charge in [0.15, 0.2) is 6.61 Å². The molecule has 0 spiro atoms. The topological polar surface area (TPSA) is 67.9 Å². The lowest BCUT2D eigenvalue weighted by molar-refractivity contribution is -0.142. The average Bonchev–Trinajstić information content (AvgIpc) is 2.76. The van der Waals surface area contributed by atoms with E-state index in [4.69, 9.17) is 21.1 Å². The van der Waals surface area contributed by atoms with Crippen molar-refractivity contribution in [2.75, 3.05) is 20.3 Å². The molecule has 0 saturated heterocycles. The maximum Gasteiger partial charge on any atom is 0.261 e. The Morgan fingerprint density at radius 3 is 2.29 bits per heavy atom. The molecule has 1 unspecified atom stereocenters. The lowest BCUT2D eigenvalue weighted by atomic mass is 10.1. The summed E-state index contributed by atoms with van der Waals surface area (Å²) in [5.41, 5.74) is 1.75. The number of ether oxygens (including phenoxy) is 2. The zero-order valence-corrected chi connectivity index (χ0v) is 19.5. The van der Waals surface area contributed by atoms with Crippen LogP contribution in [-0.4, -0.2) is 43.0 Å². The number of carbonyl (C=O) groups excluding carboxylic acids is 2. The second-order valence-corrected chi connectivity index (χ2v) is 8.29. The van der Waals surface area contributed by atoms with Gasteiger partial charge in [0.05, 0.1) is 7.11 Å². The molecular formula is C24H31ClN2O4. The fourth-order valence-electron chi connectivity index (χ4n) is 2.90. The highest BCUT2D eigenvalue weighted by molar-refractivity contribution is 6.31. The summed E-state index contributed by atoms with van der Waals surface area (Å²) in [6.07, 6.45) is 0. The monoisotopic (exact) mass is 446 g/mol. The number of aryl methyl sites for hydroxylation is 1. The molecule has 1 N–H and O–H groups in total. The molecule has 2 aromatic rings. The van der Waals surface area contributed by atoms with Crippen LogP contribution in [0.4, 0.5) is 0 Å². The van der Waals surface area contributed by atoms with E-state index in [0.717, 1.165) is 16.9 Å². The maximum atomic E-state index is 13.1. The quantitative estimate of drug-likeness (QED) is 0.593. The van der Waals surface area contributed by atoms with Gasteiger partial charge in [0, 0.05) is 18.1 Å². The van der Waals surface area contributed by atoms with E-state index in [1.54, 1.807) is 32.2 Å². The molecule has 2 aromatic carbocycles. The summed E-state index contributed by atoms with van der Waals surface area (Å²) in [4.78, 5) is 27.2. The molecule has 2 amide bonds. The highest BCUT2D eigenvalue weighted by Gasteiger charge is 2.26. The third-order valence-electron chi connectivity index (χ3n) is 4.86. The summed E-state index contributed by atoms with van der Waals surface area (Å²) in [6.45, 7) is 8.29. The van der Waals surface area contributed by atoms with Crippen molar-refractivity contribution in [2.24, 2.45) is 5.92 Å². The highest BCUT2D eigenvalue weighted by Crippen LogP contribution is 2.21. The van der Waals surface area contributed by atoms with Gasteiger partial charge in [0.1, 0.15) is 17.5 Å². The SMILES string of the molecule is COc1ccc(CN(C(=O)COc2ccc(Cl)c(C)c2)C(C)C(=O)NCC(C)C)cc1. The van der Waals surface area contributed by atoms with Crippen LogP contribution in [0.15, 0.2) is 42.5 Å². The second kappa shape index (κ2) is 11.6. The van der Waals surface area contributed by atoms with Crippen molar-refractivity contribution in [2.45, 2.75) is 40.3 Å². The molecular weight excluding hydrogens is 416 g/mol. The van der Waals surface area contributed by atoms with Crippen LogP contribution in [0.25, 0.3) is 0 Å². The van der Waals surface area contributed by atoms with Crippen molar-refractivity contribution in [1.29, 1.82) is 0 Å². The number of rotatable bonds is 10. The predicted octanol–water partition coefficient (Wildman–Crippen LogP) is 4.23. The van der Waals surface area contributed by atoms with Gasteiger partial charge in [0.2, 0.25) is 5.91 Å². The average molecular weight is 447 g/mol. The molecule has 2 rings (SSSR count). The van der Waals surface area contributed by atoms with Crippen molar-refractivity contribution in [1.82, 2.24) is 10.2 Å². The van der Waals surface area contributed by atoms with Gasteiger partial charge in [-0.1, -0.05) is 37.6 Å². The highest BCUT2D eigenvalue weighted by atomic mass is 35.5. The van der Waals surface area contributed by atoms with E-state index in [9.17, 15) is 9.59 Å². The van der Waals surface area contributed by atoms with Gasteiger partial charge in [-0.3, -0.25) is 9.59 Å². The lowest BCUT2D eigenvalue weighted by Crippen LogP contribution is -2.49. The molecule has 0 aliphatic carbocycles. The summed E-state index contributed by atoms with van der Waals surface area (Å²) in [7, 11) is 1.60. The molecule has 0 aliphatic rings. The molecule has 168 valence electrons. The number of benzene rings is 2. The molecule has 0 aromatic heterocycles. The molecule has 0 bridgehead atoms. The first kappa shape index (κ1) is 24.5. The van der Waals surface area contributed by atoms with Crippen molar-refractivity contribution in [3.05, 3.63) is 58.6 Å². The molecule has 0 heterocycles. The van der Waals surface area contributed by atoms with E-state index in [2.05, 4.69) is 5.32 Å². The maximum absolute atomic E-state index is 13.1. The first-order chi connectivity index (χ1) is 14.7. The number of nitrogens with zero attached hydrogens (tertiary/aromatic N) is 1. The van der Waals surface area contributed by atoms with Gasteiger partial charge in [-0.2, -0.15) is 0 Å². The Morgan fingerprint density at radius 2 is 1.71 bits per heavy atom. The summed E-state index contributed by atoms with van der Waals surface area (Å²) in [5, 5.41) is 3.53. The molecule has 0 saturated carbocycles. The standard InChI is InChI=1S/C24H31ClN2O4/c1-16(2)13-26-24(29)18(4)27(14-19-6-8-20(30-5)9-7-19)23(28)15-31-21-10-11-22(25)17(3)12-21/h6-12,16,18H,13-15H2,1-5H3,(H,26,29). The molecule has 0 radical (unpaired) electrons. The Kier molecular flexibility index (Phi) is 9.19. The first-order valence-electron chi connectivity index (χ1n) is 10.3. The number of hydrogen-bond donors (Lipinski definition) is 1. The van der Waals surface area contributed by atoms with Crippen LogP contribution in [0.5, 0.6) is 11.5 Å². The van der Waals surface area contributed by atoms with Crippen LogP contribution in [0.1, 0.15) is 31.9 Å². The Labute approximate surface area is 189 Å². The van der Waals surface area contributed by atoms with Crippen LogP contribution < -0.4 is 14.8 Å². The summed E-state index contributed by atoms with van der Waals surface area (Å²) in [6, 6.07) is 12.0. The predicted molar refractivity (Wildman–Crippen MR) is 123 cm³/mol. The number of amides is 2. The molecule has 6 nitrogen and oxygen atoms in total. The minimum Gasteiger partial charge on any atom is -0.497 e. The molecule has 7 heteroatoms. The Hall–Kier alpha value is -2.73. The zero-order chi connectivity index (χ0) is 23.0. The lowest BCUT2D eigenvalue weighted by Gasteiger charge is -2.29. The Balaban J connectivity index is 2.14. The summed E-state index contributed by atoms with van der Waals surface area (Å²) in [5.74, 6) is 1.12. The zero-order valence-electron chi connectivity index (χ0n) is 18.8. The Bertz CT molecular complexity index is 884. The van der Waals surface area contributed by atoms with E-state index in [1.165, 1.54) is 4.90 Å². The Morgan fingerprint density at radius 1 is 1.06 bits per heavy atom. The van der Waals surface area contributed by atoms with Crippen LogP contribution in [0.2, 0.25) is 5.02 Å². The number of hydrogen-bond acceptors (Lipinski definition) is 4. The van der Waals surface area contributed by atoms with Gasteiger partial charge in [0.25, 0.3) is 5.91 Å². The van der Waals surface area contributed by atoms with Crippen molar-refractivity contribution < 1.29 is 19.1 Å². The van der Waals surface area contributed by atoms with Gasteiger partial charge in [-0.25, -0.2) is 0 Å². The van der Waals surface area contributed by atoms with Crippen LogP contribution >= 0.6 is 11.6 Å². The smallest absolute Gasteiger partial charge is 0.261 e. The van der Waals surface area contributed by atoms with Gasteiger partial charge >= 0.3 is 0 Å². The van der Waals surface area contributed by atoms with Gasteiger partial charge in [-0.05, 0) is 61.2 Å². The van der Waals surface area contributed by atoms with Crippen molar-refractivity contribution in [3.8, 4) is 11.5 Å². The van der Waals surface area contributed by atoms with E-state index >= 15 is 0 Å². The minimum absolute atomic E-state index is 0.182. The fraction of sp³-hybridized carbons (Fsp3) is 0.417. The number of carbonyl (C=O) groups is 2. The third kappa shape index (κ3) is 7.47. The fourth-order valence-corrected chi connectivity index (χ4v) is 3.02. The van der Waals surface area contributed by atoms with Crippen LogP contribution in [-0.2, 0) is 16.1 Å². The minimum atomic E-state index is -0.649. The van der Waals surface area contributed by atoms with E-state index < -0.39 is 6.04 Å². The summed E-state index contributed by atoms with van der Waals surface area (Å²) < 4.78 is 10.9. The third-order valence-corrected chi connectivity index (χ3v) is 5.28. The van der Waals surface area contributed by atoms with E-state index in [-0.39, 0.29) is 25.0 Å². The number of methoxy groups -OCH3 is 1. The van der Waals surface area contributed by atoms with E-state index in [1.807, 2.05) is 45.0 Å². The number of halogens is 1. The normalized spacial score (nSPS) is 11.7. The van der Waals surface area contributed by atoms with Crippen LogP contribution in [0.3, 0.4) is 0 Å². The first-order valence-corrected chi connectivity index (χ1v) is 10.7. The van der Waals surface area contributed by atoms with Gasteiger partial charge in [-0.15, -0.1) is 0 Å². The molecule has 1 atom stereocenters. The second-order valence-electron chi connectivity index (χ2n) is 7.88. The largest absolute Gasteiger partial charge is 0.497 e. The summed E-state index contributed by atoms with van der Waals surface area (Å²) >= 11 is 6.05. The van der Waals surface area contributed by atoms with Gasteiger partial charge < -0.3 is 19.7 Å². The van der Waals surface area contributed by atoms with Crippen molar-refractivity contribution >= 4 is 23.4 Å². The van der Waals surface area contributed by atoms with E-state index in [0.29, 0.717) is 23.2 Å². The molecule has 0 aliphatic heterocycles. The van der Waals surface area contributed by atoms with Crippen LogP contribution in [0, 0.1) is 12.8 Å². The molecule has 0 fully saturated rings. The number of nitrogens with one attached hydrogen (secondary N) is 1.